The highest BCUT2D eigenvalue weighted by Gasteiger charge is 2.29. The molecule has 2 rings (SSSR count). The Balaban J connectivity index is 2.01. The van der Waals surface area contributed by atoms with Crippen molar-refractivity contribution >= 4 is 17.5 Å². The number of morpholine rings is 1. The van der Waals surface area contributed by atoms with Crippen molar-refractivity contribution in [2.45, 2.75) is 19.4 Å². The minimum Gasteiger partial charge on any atom is -0.379 e. The molecule has 1 saturated heterocycles. The Labute approximate surface area is 133 Å². The molecule has 1 fully saturated rings. The fraction of sp³-hybridized carbons (Fsp3) is 0.533. The van der Waals surface area contributed by atoms with E-state index in [2.05, 4.69) is 10.2 Å². The fourth-order valence-corrected chi connectivity index (χ4v) is 2.61. The number of carbonyl (C=O) groups is 1. The van der Waals surface area contributed by atoms with E-state index >= 15 is 0 Å². The normalized spacial score (nSPS) is 16.6. The summed E-state index contributed by atoms with van der Waals surface area (Å²) in [5, 5.41) is 2.62. The average molecular weight is 333 g/mol. The third kappa shape index (κ3) is 3.94. The van der Waals surface area contributed by atoms with Gasteiger partial charge in [-0.25, -0.2) is 8.78 Å². The molecule has 1 aliphatic heterocycles. The Kier molecular flexibility index (Phi) is 5.36. The SMILES string of the molecule is CC(C)(CNC(=O)c1cc(F)c(F)cc1Cl)N1CCOCC1. The molecule has 1 aromatic carbocycles. The monoisotopic (exact) mass is 332 g/mol. The number of carbonyl (C=O) groups excluding carboxylic acids is 1. The molecule has 0 atom stereocenters. The molecule has 4 nitrogen and oxygen atoms in total. The molecular formula is C15H19ClF2N2O2. The Bertz CT molecular complexity index is 561. The van der Waals surface area contributed by atoms with Gasteiger partial charge in [0.25, 0.3) is 5.91 Å². The summed E-state index contributed by atoms with van der Waals surface area (Å²) in [5.41, 5.74) is -0.344. The van der Waals surface area contributed by atoms with Gasteiger partial charge in [-0.1, -0.05) is 11.6 Å². The fourth-order valence-electron chi connectivity index (χ4n) is 2.37. The molecule has 1 aliphatic rings. The first-order valence-electron chi connectivity index (χ1n) is 7.07. The van der Waals surface area contributed by atoms with Gasteiger partial charge in [0.05, 0.1) is 23.8 Å². The van der Waals surface area contributed by atoms with Gasteiger partial charge in [0.2, 0.25) is 0 Å². The van der Waals surface area contributed by atoms with Crippen molar-refractivity contribution in [3.63, 3.8) is 0 Å². The van der Waals surface area contributed by atoms with E-state index in [-0.39, 0.29) is 16.1 Å². The molecule has 0 aromatic heterocycles. The van der Waals surface area contributed by atoms with Crippen LogP contribution in [0.15, 0.2) is 12.1 Å². The summed E-state index contributed by atoms with van der Waals surface area (Å²) in [6, 6.07) is 1.62. The smallest absolute Gasteiger partial charge is 0.252 e. The lowest BCUT2D eigenvalue weighted by atomic mass is 10.0. The third-order valence-electron chi connectivity index (χ3n) is 3.80. The van der Waals surface area contributed by atoms with Crippen LogP contribution in [0, 0.1) is 11.6 Å². The summed E-state index contributed by atoms with van der Waals surface area (Å²) < 4.78 is 31.6. The van der Waals surface area contributed by atoms with Crippen molar-refractivity contribution in [2.75, 3.05) is 32.8 Å². The number of hydrogen-bond donors (Lipinski definition) is 1. The maximum absolute atomic E-state index is 13.2. The van der Waals surface area contributed by atoms with Gasteiger partial charge in [0, 0.05) is 25.2 Å². The molecule has 1 N–H and O–H groups in total. The van der Waals surface area contributed by atoms with Crippen LogP contribution in [-0.2, 0) is 4.74 Å². The van der Waals surface area contributed by atoms with Crippen LogP contribution < -0.4 is 5.32 Å². The van der Waals surface area contributed by atoms with Gasteiger partial charge in [-0.3, -0.25) is 9.69 Å². The largest absolute Gasteiger partial charge is 0.379 e. The van der Waals surface area contributed by atoms with Gasteiger partial charge in [-0.05, 0) is 26.0 Å². The van der Waals surface area contributed by atoms with Crippen molar-refractivity contribution in [3.8, 4) is 0 Å². The second-order valence-electron chi connectivity index (χ2n) is 5.84. The zero-order valence-corrected chi connectivity index (χ0v) is 13.3. The molecule has 0 radical (unpaired) electrons. The second kappa shape index (κ2) is 6.89. The predicted octanol–water partition coefficient (Wildman–Crippen LogP) is 2.46. The Morgan fingerprint density at radius 1 is 1.32 bits per heavy atom. The van der Waals surface area contributed by atoms with E-state index in [0.29, 0.717) is 19.8 Å². The highest BCUT2D eigenvalue weighted by molar-refractivity contribution is 6.33. The minimum absolute atomic E-state index is 0.0710. The molecule has 122 valence electrons. The number of rotatable bonds is 4. The van der Waals surface area contributed by atoms with Crippen molar-refractivity contribution < 1.29 is 18.3 Å². The number of nitrogens with zero attached hydrogens (tertiary/aromatic N) is 1. The van der Waals surface area contributed by atoms with Crippen LogP contribution >= 0.6 is 11.6 Å². The first-order chi connectivity index (χ1) is 10.3. The lowest BCUT2D eigenvalue weighted by Gasteiger charge is -2.40. The van der Waals surface area contributed by atoms with Crippen LogP contribution in [0.3, 0.4) is 0 Å². The van der Waals surface area contributed by atoms with Crippen LogP contribution in [0.1, 0.15) is 24.2 Å². The van der Waals surface area contributed by atoms with Gasteiger partial charge in [-0.15, -0.1) is 0 Å². The zero-order valence-electron chi connectivity index (χ0n) is 12.6. The van der Waals surface area contributed by atoms with E-state index in [0.717, 1.165) is 25.2 Å². The first kappa shape index (κ1) is 17.1. The summed E-state index contributed by atoms with van der Waals surface area (Å²) in [6.45, 7) is 7.26. The van der Waals surface area contributed by atoms with E-state index in [1.54, 1.807) is 0 Å². The maximum atomic E-state index is 13.2. The number of halogens is 3. The Morgan fingerprint density at radius 2 is 1.91 bits per heavy atom. The number of ether oxygens (including phenoxy) is 1. The average Bonchev–Trinajstić information content (AvgIpc) is 2.49. The van der Waals surface area contributed by atoms with Crippen molar-refractivity contribution in [3.05, 3.63) is 34.4 Å². The van der Waals surface area contributed by atoms with Crippen molar-refractivity contribution in [2.24, 2.45) is 0 Å². The van der Waals surface area contributed by atoms with E-state index in [1.807, 2.05) is 13.8 Å². The highest BCUT2D eigenvalue weighted by atomic mass is 35.5. The Morgan fingerprint density at radius 3 is 2.55 bits per heavy atom. The van der Waals surface area contributed by atoms with Crippen molar-refractivity contribution in [1.82, 2.24) is 10.2 Å². The maximum Gasteiger partial charge on any atom is 0.252 e. The molecular weight excluding hydrogens is 314 g/mol. The van der Waals surface area contributed by atoms with Gasteiger partial charge in [-0.2, -0.15) is 0 Å². The molecule has 1 heterocycles. The summed E-state index contributed by atoms with van der Waals surface area (Å²) >= 11 is 5.80. The highest BCUT2D eigenvalue weighted by Crippen LogP contribution is 2.21. The van der Waals surface area contributed by atoms with E-state index in [9.17, 15) is 13.6 Å². The Hall–Kier alpha value is -1.24. The zero-order chi connectivity index (χ0) is 16.3. The molecule has 0 bridgehead atoms. The summed E-state index contributed by atoms with van der Waals surface area (Å²) in [6.07, 6.45) is 0. The lowest BCUT2D eigenvalue weighted by molar-refractivity contribution is -0.00923. The van der Waals surface area contributed by atoms with Gasteiger partial charge >= 0.3 is 0 Å². The van der Waals surface area contributed by atoms with E-state index < -0.39 is 17.5 Å². The number of nitrogens with one attached hydrogen (secondary N) is 1. The summed E-state index contributed by atoms with van der Waals surface area (Å²) in [4.78, 5) is 14.3. The number of amides is 1. The summed E-state index contributed by atoms with van der Waals surface area (Å²) in [7, 11) is 0. The van der Waals surface area contributed by atoms with E-state index in [4.69, 9.17) is 16.3 Å². The second-order valence-corrected chi connectivity index (χ2v) is 6.25. The minimum atomic E-state index is -1.10. The van der Waals surface area contributed by atoms with Crippen LogP contribution in [0.25, 0.3) is 0 Å². The molecule has 7 heteroatoms. The molecule has 0 unspecified atom stereocenters. The standard InChI is InChI=1S/C15H19ClF2N2O2/c1-15(2,20-3-5-22-6-4-20)9-19-14(21)10-7-12(17)13(18)8-11(10)16/h7-8H,3-6,9H2,1-2H3,(H,19,21). The summed E-state index contributed by atoms with van der Waals surface area (Å²) in [5.74, 6) is -2.69. The van der Waals surface area contributed by atoms with Crippen LogP contribution in [0.2, 0.25) is 5.02 Å². The molecule has 0 aliphatic carbocycles. The molecule has 0 spiro atoms. The molecule has 1 aromatic rings. The van der Waals surface area contributed by atoms with E-state index in [1.165, 1.54) is 0 Å². The van der Waals surface area contributed by atoms with Crippen LogP contribution in [0.5, 0.6) is 0 Å². The van der Waals surface area contributed by atoms with Crippen LogP contribution in [-0.4, -0.2) is 49.2 Å². The predicted molar refractivity (Wildman–Crippen MR) is 80.2 cm³/mol. The molecule has 0 saturated carbocycles. The topological polar surface area (TPSA) is 41.6 Å². The lowest BCUT2D eigenvalue weighted by Crippen LogP contribution is -2.55. The van der Waals surface area contributed by atoms with Gasteiger partial charge < -0.3 is 10.1 Å². The van der Waals surface area contributed by atoms with Gasteiger partial charge in [0.1, 0.15) is 0 Å². The quantitative estimate of drug-likeness (QED) is 0.861. The van der Waals surface area contributed by atoms with Crippen molar-refractivity contribution in [1.29, 1.82) is 0 Å². The van der Waals surface area contributed by atoms with Crippen LogP contribution in [0.4, 0.5) is 8.78 Å². The molecule has 22 heavy (non-hydrogen) atoms. The third-order valence-corrected chi connectivity index (χ3v) is 4.12. The van der Waals surface area contributed by atoms with Gasteiger partial charge in [0.15, 0.2) is 11.6 Å². The first-order valence-corrected chi connectivity index (χ1v) is 7.44. The molecule has 1 amide bonds. The number of hydrogen-bond acceptors (Lipinski definition) is 3. The number of benzene rings is 1.